The van der Waals surface area contributed by atoms with Gasteiger partial charge in [-0.25, -0.2) is 9.79 Å². The zero-order valence-corrected chi connectivity index (χ0v) is 10.9. The molecule has 0 aromatic carbocycles. The number of carboxylic acids is 1. The fraction of sp³-hybridized carbons (Fsp3) is 0.500. The second kappa shape index (κ2) is 6.88. The maximum Gasteiger partial charge on any atom is 0.328 e. The number of nitrogens with one attached hydrogen (secondary N) is 3. The highest BCUT2D eigenvalue weighted by Gasteiger charge is 2.35. The lowest BCUT2D eigenvalue weighted by Crippen LogP contribution is -2.82. The average Bonchev–Trinajstić information content (AvgIpc) is 2.31. The van der Waals surface area contributed by atoms with E-state index in [1.54, 1.807) is 0 Å². The van der Waals surface area contributed by atoms with Gasteiger partial charge in [0.2, 0.25) is 0 Å². The highest BCUT2D eigenvalue weighted by Crippen LogP contribution is 1.98. The zero-order valence-electron chi connectivity index (χ0n) is 10.1. The summed E-state index contributed by atoms with van der Waals surface area (Å²) >= 11 is 1.46. The first-order valence-corrected chi connectivity index (χ1v) is 6.80. The minimum absolute atomic E-state index is 0.287. The quantitative estimate of drug-likeness (QED) is 0.337. The first-order valence-electron chi connectivity index (χ1n) is 5.40. The van der Waals surface area contributed by atoms with Crippen LogP contribution in [0.5, 0.6) is 0 Å². The highest BCUT2D eigenvalue weighted by atomic mass is 32.2. The van der Waals surface area contributed by atoms with Gasteiger partial charge in [0.05, 0.1) is 0 Å². The second-order valence-corrected chi connectivity index (χ2v) is 4.76. The normalized spacial score (nSPS) is 18.3. The van der Waals surface area contributed by atoms with Crippen molar-refractivity contribution < 1.29 is 29.3 Å². The first kappa shape index (κ1) is 15.2. The van der Waals surface area contributed by atoms with E-state index in [0.29, 0.717) is 5.75 Å². The maximum atomic E-state index is 11.4. The smallest absolute Gasteiger partial charge is 0.328 e. The van der Waals surface area contributed by atoms with Crippen LogP contribution in [0.4, 0.5) is 4.79 Å². The number of urea groups is 1. The standard InChI is InChI=1S/C10H13N3O5S/c1-19-3-2-6(9(16)17)11-4-5-7(14)12-10(18)13-8(5)15/h4-6H,2-3H2,1H3,(H,16,17)(H2,12,13,14,15,18)/t6-/m0/s1. The molecule has 1 saturated heterocycles. The van der Waals surface area contributed by atoms with E-state index in [1.807, 2.05) is 16.9 Å². The van der Waals surface area contributed by atoms with Crippen LogP contribution in [0.3, 0.4) is 0 Å². The van der Waals surface area contributed by atoms with Crippen molar-refractivity contribution in [3.05, 3.63) is 0 Å². The summed E-state index contributed by atoms with van der Waals surface area (Å²) in [5, 5.41) is 14.7. The van der Waals surface area contributed by atoms with E-state index in [0.717, 1.165) is 6.21 Å². The van der Waals surface area contributed by atoms with E-state index in [-0.39, 0.29) is 6.42 Å². The third-order valence-corrected chi connectivity index (χ3v) is 3.04. The lowest BCUT2D eigenvalue weighted by atomic mass is 10.1. The summed E-state index contributed by atoms with van der Waals surface area (Å²) in [6.45, 7) is 0. The largest absolute Gasteiger partial charge is 0.543 e. The molecule has 104 valence electrons. The Morgan fingerprint density at radius 2 is 2.00 bits per heavy atom. The topological polar surface area (TPSA) is 129 Å². The highest BCUT2D eigenvalue weighted by molar-refractivity contribution is 7.98. The Morgan fingerprint density at radius 3 is 2.47 bits per heavy atom. The summed E-state index contributed by atoms with van der Waals surface area (Å²) in [6, 6.07) is -1.89. The van der Waals surface area contributed by atoms with Crippen LogP contribution in [-0.4, -0.2) is 48.1 Å². The van der Waals surface area contributed by atoms with Crippen molar-refractivity contribution in [1.29, 1.82) is 0 Å². The van der Waals surface area contributed by atoms with Gasteiger partial charge in [0, 0.05) is 6.42 Å². The fourth-order valence-electron chi connectivity index (χ4n) is 1.40. The zero-order chi connectivity index (χ0) is 14.4. The van der Waals surface area contributed by atoms with Gasteiger partial charge in [-0.1, -0.05) is 0 Å². The molecule has 3 N–H and O–H groups in total. The summed E-state index contributed by atoms with van der Waals surface area (Å²) < 4.78 is 0. The molecule has 1 fully saturated rings. The van der Waals surface area contributed by atoms with E-state index in [2.05, 4.69) is 4.99 Å². The number of hydrogen-bond donors (Lipinski definition) is 3. The van der Waals surface area contributed by atoms with Gasteiger partial charge < -0.3 is 9.90 Å². The molecular weight excluding hydrogens is 274 g/mol. The molecule has 19 heavy (non-hydrogen) atoms. The minimum atomic E-state index is -1.32. The van der Waals surface area contributed by atoms with Crippen molar-refractivity contribution in [3.8, 4) is 0 Å². The molecule has 1 aliphatic rings. The monoisotopic (exact) mass is 287 g/mol. The molecule has 8 nitrogen and oxygen atoms in total. The van der Waals surface area contributed by atoms with Crippen LogP contribution in [0.25, 0.3) is 0 Å². The molecule has 0 unspecified atom stereocenters. The van der Waals surface area contributed by atoms with Crippen molar-refractivity contribution in [2.75, 3.05) is 12.0 Å². The Hall–Kier alpha value is -1.90. The Labute approximate surface area is 113 Å². The number of aliphatic carboxylic acids is 1. The Morgan fingerprint density at radius 1 is 1.42 bits per heavy atom. The van der Waals surface area contributed by atoms with Gasteiger partial charge in [0.25, 0.3) is 11.8 Å². The molecule has 1 heterocycles. The molecule has 0 aliphatic carbocycles. The molecule has 0 spiro atoms. The predicted octanol–water partition coefficient (Wildman–Crippen LogP) is -4.01. The van der Waals surface area contributed by atoms with E-state index in [4.69, 9.17) is 0 Å². The van der Waals surface area contributed by atoms with Crippen molar-refractivity contribution >= 4 is 41.8 Å². The molecule has 4 amide bonds. The van der Waals surface area contributed by atoms with Crippen LogP contribution >= 0.6 is 11.8 Å². The van der Waals surface area contributed by atoms with Crippen LogP contribution in [0.1, 0.15) is 6.42 Å². The van der Waals surface area contributed by atoms with Crippen molar-refractivity contribution in [1.82, 2.24) is 10.6 Å². The van der Waals surface area contributed by atoms with Crippen LogP contribution in [0, 0.1) is 5.92 Å². The summed E-state index contributed by atoms with van der Waals surface area (Å²) in [7, 11) is 0. The van der Waals surface area contributed by atoms with Crippen molar-refractivity contribution in [2.45, 2.75) is 12.5 Å². The number of rotatable bonds is 6. The maximum absolute atomic E-state index is 11.4. The summed E-state index contributed by atoms with van der Waals surface area (Å²) in [5.41, 5.74) is 0. The number of hydrogen-bond acceptors (Lipinski definition) is 6. The minimum Gasteiger partial charge on any atom is -0.543 e. The van der Waals surface area contributed by atoms with Crippen LogP contribution in [0.15, 0.2) is 0 Å². The summed E-state index contributed by atoms with van der Waals surface area (Å²) in [6.07, 6.45) is 3.16. The Kier molecular flexibility index (Phi) is 5.49. The van der Waals surface area contributed by atoms with Gasteiger partial charge >= 0.3 is 6.03 Å². The number of carbonyl (C=O) groups is 4. The molecule has 0 aromatic heterocycles. The number of amides is 4. The molecule has 0 aromatic rings. The lowest BCUT2D eigenvalue weighted by molar-refractivity contribution is -0.503. The summed E-state index contributed by atoms with van der Waals surface area (Å²) in [5.74, 6) is -3.60. The Balaban J connectivity index is 2.72. The number of imide groups is 2. The van der Waals surface area contributed by atoms with Gasteiger partial charge in [-0.15, -0.1) is 0 Å². The van der Waals surface area contributed by atoms with Crippen LogP contribution in [0.2, 0.25) is 0 Å². The predicted molar refractivity (Wildman–Crippen MR) is 64.0 cm³/mol. The van der Waals surface area contributed by atoms with E-state index < -0.39 is 35.8 Å². The van der Waals surface area contributed by atoms with Crippen LogP contribution < -0.4 is 20.7 Å². The molecule has 0 saturated carbocycles. The molecule has 0 bridgehead atoms. The molecule has 0 radical (unpaired) electrons. The molecular formula is C10H13N3O5S. The van der Waals surface area contributed by atoms with Gasteiger partial charge in [0.1, 0.15) is 5.97 Å². The molecule has 1 rings (SSSR count). The number of carbonyl (C=O) groups excluding carboxylic acids is 4. The summed E-state index contributed by atoms with van der Waals surface area (Å²) in [4.78, 5) is 46.9. The van der Waals surface area contributed by atoms with Crippen molar-refractivity contribution in [3.63, 3.8) is 0 Å². The Bertz CT molecular complexity index is 417. The van der Waals surface area contributed by atoms with Gasteiger partial charge in [-0.05, 0) is 12.0 Å². The van der Waals surface area contributed by atoms with E-state index in [1.165, 1.54) is 11.8 Å². The SMILES string of the molecule is CSCC[C@H]([NH+]=CC1C(=O)NC(=O)NC1=O)C(=O)[O-]. The van der Waals surface area contributed by atoms with E-state index in [9.17, 15) is 24.3 Å². The number of barbiturate groups is 1. The van der Waals surface area contributed by atoms with Gasteiger partial charge in [0.15, 0.2) is 18.2 Å². The van der Waals surface area contributed by atoms with Crippen molar-refractivity contribution in [2.24, 2.45) is 5.92 Å². The average molecular weight is 287 g/mol. The van der Waals surface area contributed by atoms with Gasteiger partial charge in [-0.3, -0.25) is 20.2 Å². The van der Waals surface area contributed by atoms with Crippen LogP contribution in [-0.2, 0) is 14.4 Å². The lowest BCUT2D eigenvalue weighted by Gasteiger charge is -2.16. The molecule has 1 atom stereocenters. The van der Waals surface area contributed by atoms with Gasteiger partial charge in [-0.2, -0.15) is 11.8 Å². The second-order valence-electron chi connectivity index (χ2n) is 3.77. The third-order valence-electron chi connectivity index (χ3n) is 2.40. The number of thioether (sulfide) groups is 1. The number of carboxylic acid groups (broad SMARTS) is 1. The molecule has 9 heteroatoms. The fourth-order valence-corrected chi connectivity index (χ4v) is 1.87. The first-order chi connectivity index (χ1) is 8.95. The van der Waals surface area contributed by atoms with E-state index >= 15 is 0 Å². The molecule has 1 aliphatic heterocycles. The third kappa shape index (κ3) is 4.36.